The Morgan fingerprint density at radius 3 is 2.36 bits per heavy atom. The molecule has 0 spiro atoms. The van der Waals surface area contributed by atoms with Crippen LogP contribution in [0.4, 0.5) is 13.2 Å². The van der Waals surface area contributed by atoms with Crippen molar-refractivity contribution in [3.8, 4) is 22.8 Å². The van der Waals surface area contributed by atoms with Crippen LogP contribution in [-0.4, -0.2) is 79.4 Å². The van der Waals surface area contributed by atoms with Gasteiger partial charge in [0.25, 0.3) is 5.91 Å². The van der Waals surface area contributed by atoms with Crippen molar-refractivity contribution in [1.29, 1.82) is 0 Å². The summed E-state index contributed by atoms with van der Waals surface area (Å²) in [6.45, 7) is 1.25. The number of allylic oxidation sites excluding steroid dienone is 1. The molecule has 2 fully saturated rings. The fraction of sp³-hybridized carbons (Fsp3) is 0.500. The number of halogens is 3. The van der Waals surface area contributed by atoms with Gasteiger partial charge in [0, 0.05) is 41.0 Å². The number of nitrogens with two attached hydrogens (primary N) is 1. The molecule has 1 saturated heterocycles. The number of rotatable bonds is 4. The smallest absolute Gasteiger partial charge is 0.430 e. The number of amides is 1. The normalized spacial score (nSPS) is 22.4. The van der Waals surface area contributed by atoms with Crippen LogP contribution in [0.5, 0.6) is 11.5 Å². The number of benzene rings is 2. The number of ether oxygens (including phenoxy) is 3. The van der Waals surface area contributed by atoms with Crippen molar-refractivity contribution < 1.29 is 52.2 Å². The number of hydrogen-bond donors (Lipinski definition) is 1. The molecule has 2 aromatic carbocycles. The molecule has 10 nitrogen and oxygen atoms in total. The number of quaternary nitrogens is 1. The zero-order chi connectivity index (χ0) is 38.0. The fourth-order valence-corrected chi connectivity index (χ4v) is 7.51. The highest BCUT2D eigenvalue weighted by molar-refractivity contribution is 5.92. The number of pyridine rings is 1. The molecule has 0 unspecified atom stereocenters. The number of nitrogens with zero attached hydrogens (tertiary/aromatic N) is 2. The standard InChI is InChI=1S/C38H47N3O5.C2HF3O2/c1-44-34-24-32-30-21-28(34)19-9-5-3-4-6-14-20-39-36(27-17-12-8-13-18-27)37(42)41-25-29(22-33(41)38(43)45-2)46-35(30)23-31(40-32)26-15-10-7-11-16-26;3-2(4,5)1(6)7/h7,9-11,15-16,19,21,23-24,27,29,33,36,39H,3-6,8,12-14,17-18,20,22,25H2,1-2H3;(H,6,7)/b19-9-;/t29-,33+,36+;/m1./s1. The lowest BCUT2D eigenvalue weighted by atomic mass is 9.83. The first-order valence-corrected chi connectivity index (χ1v) is 18.4. The Morgan fingerprint density at radius 1 is 0.981 bits per heavy atom. The number of alkyl halides is 3. The monoisotopic (exact) mass is 739 g/mol. The third-order valence-corrected chi connectivity index (χ3v) is 10.2. The summed E-state index contributed by atoms with van der Waals surface area (Å²) < 4.78 is 49.4. The van der Waals surface area contributed by atoms with E-state index in [4.69, 9.17) is 29.1 Å². The van der Waals surface area contributed by atoms with E-state index in [9.17, 15) is 22.8 Å². The molecule has 2 N–H and O–H groups in total. The average Bonchev–Trinajstić information content (AvgIpc) is 3.58. The Kier molecular flexibility index (Phi) is 13.7. The largest absolute Gasteiger partial charge is 0.542 e. The maximum atomic E-state index is 14.4. The molecule has 286 valence electrons. The van der Waals surface area contributed by atoms with Crippen LogP contribution in [0.1, 0.15) is 76.2 Å². The summed E-state index contributed by atoms with van der Waals surface area (Å²) in [5.74, 6) is -1.58. The first-order chi connectivity index (χ1) is 25.5. The van der Waals surface area contributed by atoms with Crippen LogP contribution >= 0.6 is 0 Å². The molecule has 3 heterocycles. The highest BCUT2D eigenvalue weighted by Crippen LogP contribution is 2.37. The van der Waals surface area contributed by atoms with Gasteiger partial charge in [0.1, 0.15) is 29.6 Å². The van der Waals surface area contributed by atoms with Crippen molar-refractivity contribution in [2.24, 2.45) is 5.92 Å². The predicted molar refractivity (Wildman–Crippen MR) is 191 cm³/mol. The van der Waals surface area contributed by atoms with Gasteiger partial charge < -0.3 is 34.3 Å². The first-order valence-electron chi connectivity index (χ1n) is 18.4. The van der Waals surface area contributed by atoms with E-state index in [1.165, 1.54) is 13.5 Å². The summed E-state index contributed by atoms with van der Waals surface area (Å²) >= 11 is 0. The SMILES string of the molecule is COC(=O)[C@@H]1C[C@@H]2CN1C(=O)[C@H](C1CCCCC1)[NH2+]CCCCCC/C=C\c1cc3c(cc(-c4ccccc4)nc3cc1OC)O2.O=C([O-])C(F)(F)F. The van der Waals surface area contributed by atoms with Gasteiger partial charge in [-0.3, -0.25) is 4.79 Å². The van der Waals surface area contributed by atoms with E-state index >= 15 is 0 Å². The maximum absolute atomic E-state index is 14.4. The number of carboxylic acid groups (broad SMARTS) is 1. The molecule has 1 amide bonds. The topological polar surface area (TPSA) is 135 Å². The van der Waals surface area contributed by atoms with Gasteiger partial charge in [-0.25, -0.2) is 9.78 Å². The molecule has 1 aromatic heterocycles. The molecule has 3 aliphatic rings. The van der Waals surface area contributed by atoms with Crippen molar-refractivity contribution in [2.45, 2.75) is 95.0 Å². The van der Waals surface area contributed by atoms with Crippen molar-refractivity contribution >= 4 is 34.8 Å². The number of carboxylic acids is 1. The van der Waals surface area contributed by atoms with E-state index in [0.29, 0.717) is 24.6 Å². The van der Waals surface area contributed by atoms with Gasteiger partial charge in [-0.2, -0.15) is 13.2 Å². The van der Waals surface area contributed by atoms with Crippen molar-refractivity contribution in [1.82, 2.24) is 9.88 Å². The molecule has 6 rings (SSSR count). The summed E-state index contributed by atoms with van der Waals surface area (Å²) in [4.78, 5) is 43.1. The van der Waals surface area contributed by atoms with Crippen molar-refractivity contribution in [3.05, 3.63) is 60.2 Å². The van der Waals surface area contributed by atoms with Gasteiger partial charge in [0.05, 0.1) is 38.5 Å². The Hall–Kier alpha value is -4.65. The van der Waals surface area contributed by atoms with Crippen LogP contribution in [0.25, 0.3) is 28.2 Å². The second-order valence-corrected chi connectivity index (χ2v) is 13.8. The van der Waals surface area contributed by atoms with Crippen molar-refractivity contribution in [2.75, 3.05) is 27.3 Å². The van der Waals surface area contributed by atoms with Gasteiger partial charge >= 0.3 is 12.1 Å². The fourth-order valence-electron chi connectivity index (χ4n) is 7.51. The summed E-state index contributed by atoms with van der Waals surface area (Å²) in [6, 6.07) is 15.2. The second-order valence-electron chi connectivity index (χ2n) is 13.8. The first kappa shape index (κ1) is 39.6. The minimum Gasteiger partial charge on any atom is -0.542 e. The van der Waals surface area contributed by atoms with E-state index in [2.05, 4.69) is 23.5 Å². The molecule has 4 bridgehead atoms. The average molecular weight is 740 g/mol. The molecule has 1 saturated carbocycles. The predicted octanol–water partition coefficient (Wildman–Crippen LogP) is 5.22. The minimum absolute atomic E-state index is 0.0482. The van der Waals surface area contributed by atoms with E-state index in [1.54, 1.807) is 12.0 Å². The van der Waals surface area contributed by atoms with Crippen molar-refractivity contribution in [3.63, 3.8) is 0 Å². The Labute approximate surface area is 307 Å². The molecule has 13 heteroatoms. The Morgan fingerprint density at radius 2 is 1.68 bits per heavy atom. The van der Waals surface area contributed by atoms with Crippen LogP contribution in [0, 0.1) is 5.92 Å². The summed E-state index contributed by atoms with van der Waals surface area (Å²) in [6.07, 6.45) is 10.3. The zero-order valence-electron chi connectivity index (χ0n) is 30.2. The van der Waals surface area contributed by atoms with Crippen LogP contribution in [0.2, 0.25) is 0 Å². The molecule has 3 aromatic rings. The number of aliphatic carboxylic acids is 1. The Bertz CT molecular complexity index is 1740. The number of fused-ring (bicyclic) bond motifs is 3. The molecule has 2 aliphatic heterocycles. The summed E-state index contributed by atoms with van der Waals surface area (Å²) in [5.41, 5.74) is 3.49. The van der Waals surface area contributed by atoms with E-state index < -0.39 is 18.2 Å². The molecule has 1 aliphatic carbocycles. The highest BCUT2D eigenvalue weighted by Gasteiger charge is 2.46. The zero-order valence-corrected chi connectivity index (χ0v) is 30.2. The van der Waals surface area contributed by atoms with Gasteiger partial charge in [-0.15, -0.1) is 0 Å². The molecule has 53 heavy (non-hydrogen) atoms. The third-order valence-electron chi connectivity index (χ3n) is 10.2. The number of hydrogen-bond acceptors (Lipinski definition) is 8. The Balaban J connectivity index is 0.000000705. The minimum atomic E-state index is -5.19. The maximum Gasteiger partial charge on any atom is 0.430 e. The number of methoxy groups -OCH3 is 2. The number of carbonyl (C=O) groups excluding carboxylic acids is 3. The molecular formula is C40H48F3N3O7. The van der Waals surface area contributed by atoms with Crippen LogP contribution in [0.3, 0.4) is 0 Å². The number of carbonyl (C=O) groups is 3. The van der Waals surface area contributed by atoms with E-state index in [1.807, 2.05) is 42.5 Å². The lowest BCUT2D eigenvalue weighted by molar-refractivity contribution is -0.684. The molecule has 3 atom stereocenters. The highest BCUT2D eigenvalue weighted by atomic mass is 19.4. The molecule has 0 radical (unpaired) electrons. The van der Waals surface area contributed by atoms with Gasteiger partial charge in [-0.05, 0) is 44.6 Å². The number of aromatic nitrogens is 1. The van der Waals surface area contributed by atoms with Gasteiger partial charge in [0.15, 0.2) is 6.04 Å². The summed E-state index contributed by atoms with van der Waals surface area (Å²) in [5, 5.41) is 11.9. The van der Waals surface area contributed by atoms with Crippen LogP contribution in [-0.2, 0) is 19.1 Å². The molecular weight excluding hydrogens is 691 g/mol. The second kappa shape index (κ2) is 18.4. The van der Waals surface area contributed by atoms with Crippen LogP contribution in [0.15, 0.2) is 54.6 Å². The number of esters is 1. The quantitative estimate of drug-likeness (QED) is 0.360. The third kappa shape index (κ3) is 10.3. The van der Waals surface area contributed by atoms with E-state index in [-0.39, 0.29) is 24.0 Å². The van der Waals surface area contributed by atoms with Gasteiger partial charge in [0.2, 0.25) is 0 Å². The lowest BCUT2D eigenvalue weighted by Gasteiger charge is -2.32. The summed E-state index contributed by atoms with van der Waals surface area (Å²) in [7, 11) is 3.09. The lowest BCUT2D eigenvalue weighted by Crippen LogP contribution is -2.94. The van der Waals surface area contributed by atoms with Gasteiger partial charge in [-0.1, -0.05) is 68.2 Å². The van der Waals surface area contributed by atoms with Crippen LogP contribution < -0.4 is 19.9 Å². The van der Waals surface area contributed by atoms with E-state index in [0.717, 1.165) is 97.8 Å².